The van der Waals surface area contributed by atoms with Crippen LogP contribution in [0.1, 0.15) is 28.4 Å². The summed E-state index contributed by atoms with van der Waals surface area (Å²) in [4.78, 5) is 32.9. The third-order valence-corrected chi connectivity index (χ3v) is 3.57. The first-order chi connectivity index (χ1) is 11.3. The van der Waals surface area contributed by atoms with Gasteiger partial charge >= 0.3 is 0 Å². The molecule has 0 aliphatic carbocycles. The number of benzene rings is 2. The Kier molecular flexibility index (Phi) is 4.88. The highest BCUT2D eigenvalue weighted by Crippen LogP contribution is 2.28. The second-order valence-electron chi connectivity index (χ2n) is 5.17. The lowest BCUT2D eigenvalue weighted by atomic mass is 10.0. The van der Waals surface area contributed by atoms with E-state index in [1.165, 1.54) is 36.4 Å². The largest absolute Gasteiger partial charge is 0.321 e. The van der Waals surface area contributed by atoms with Gasteiger partial charge in [-0.1, -0.05) is 6.92 Å². The van der Waals surface area contributed by atoms with Crippen LogP contribution < -0.4 is 5.32 Å². The summed E-state index contributed by atoms with van der Waals surface area (Å²) in [6.45, 7) is 3.51. The first kappa shape index (κ1) is 17.1. The number of nitrogens with one attached hydrogen (secondary N) is 1. The van der Waals surface area contributed by atoms with Gasteiger partial charge in [-0.15, -0.1) is 0 Å². The number of carbonyl (C=O) groups is 1. The maximum atomic E-state index is 12.3. The number of anilines is 1. The van der Waals surface area contributed by atoms with E-state index < -0.39 is 15.8 Å². The Balaban J connectivity index is 2.31. The van der Waals surface area contributed by atoms with Gasteiger partial charge in [0.1, 0.15) is 0 Å². The van der Waals surface area contributed by atoms with Gasteiger partial charge in [-0.25, -0.2) is 0 Å². The lowest BCUT2D eigenvalue weighted by Crippen LogP contribution is -2.14. The van der Waals surface area contributed by atoms with Crippen molar-refractivity contribution in [3.8, 4) is 0 Å². The number of aryl methyl sites for hydroxylation is 2. The van der Waals surface area contributed by atoms with Crippen molar-refractivity contribution in [2.45, 2.75) is 20.3 Å². The molecule has 0 bridgehead atoms. The summed E-state index contributed by atoms with van der Waals surface area (Å²) < 4.78 is 0. The van der Waals surface area contributed by atoms with Crippen molar-refractivity contribution in [3.05, 3.63) is 73.3 Å². The molecule has 0 fully saturated rings. The molecule has 1 N–H and O–H groups in total. The van der Waals surface area contributed by atoms with E-state index >= 15 is 0 Å². The molecule has 124 valence electrons. The predicted octanol–water partition coefficient (Wildman–Crippen LogP) is 3.63. The smallest absolute Gasteiger partial charge is 0.270 e. The van der Waals surface area contributed by atoms with Crippen molar-refractivity contribution >= 4 is 23.0 Å². The molecule has 2 aromatic carbocycles. The second kappa shape index (κ2) is 6.86. The summed E-state index contributed by atoms with van der Waals surface area (Å²) in [5.41, 5.74) is 1.88. The molecular formula is C16H15N3O5. The Labute approximate surface area is 137 Å². The highest BCUT2D eigenvalue weighted by molar-refractivity contribution is 6.05. The number of carbonyl (C=O) groups excluding carboxylic acids is 1. The average Bonchev–Trinajstić information content (AvgIpc) is 2.56. The highest BCUT2D eigenvalue weighted by Gasteiger charge is 2.16. The molecule has 24 heavy (non-hydrogen) atoms. The molecule has 2 rings (SSSR count). The fourth-order valence-corrected chi connectivity index (χ4v) is 2.32. The molecule has 1 amide bonds. The Morgan fingerprint density at radius 3 is 2.12 bits per heavy atom. The number of nitro benzene ring substituents is 2. The molecule has 0 unspecified atom stereocenters. The van der Waals surface area contributed by atoms with Gasteiger partial charge in [0, 0.05) is 35.5 Å². The average molecular weight is 329 g/mol. The molecule has 0 saturated carbocycles. The first-order valence-corrected chi connectivity index (χ1v) is 7.17. The molecule has 8 heteroatoms. The fourth-order valence-electron chi connectivity index (χ4n) is 2.32. The maximum absolute atomic E-state index is 12.3. The van der Waals surface area contributed by atoms with Gasteiger partial charge in [-0.05, 0) is 36.6 Å². The van der Waals surface area contributed by atoms with E-state index in [1.807, 2.05) is 6.92 Å². The van der Waals surface area contributed by atoms with Crippen molar-refractivity contribution in [1.29, 1.82) is 0 Å². The molecule has 0 radical (unpaired) electrons. The van der Waals surface area contributed by atoms with E-state index in [0.717, 1.165) is 0 Å². The molecular weight excluding hydrogens is 314 g/mol. The van der Waals surface area contributed by atoms with Crippen LogP contribution in [0.15, 0.2) is 36.4 Å². The summed E-state index contributed by atoms with van der Waals surface area (Å²) in [5, 5.41) is 24.3. The summed E-state index contributed by atoms with van der Waals surface area (Å²) in [6, 6.07) is 8.04. The minimum atomic E-state index is -0.544. The van der Waals surface area contributed by atoms with Crippen LogP contribution in [0.4, 0.5) is 17.1 Å². The molecule has 0 aliphatic heterocycles. The zero-order valence-corrected chi connectivity index (χ0v) is 13.1. The third kappa shape index (κ3) is 3.54. The van der Waals surface area contributed by atoms with E-state index in [2.05, 4.69) is 5.32 Å². The van der Waals surface area contributed by atoms with Crippen molar-refractivity contribution in [2.75, 3.05) is 5.32 Å². The molecule has 8 nitrogen and oxygen atoms in total. The Morgan fingerprint density at radius 1 is 1.04 bits per heavy atom. The number of nitrogens with zero attached hydrogens (tertiary/aromatic N) is 2. The van der Waals surface area contributed by atoms with Gasteiger partial charge in [0.2, 0.25) is 0 Å². The zero-order chi connectivity index (χ0) is 17.9. The van der Waals surface area contributed by atoms with Gasteiger partial charge in [-0.2, -0.15) is 0 Å². The molecule has 0 saturated heterocycles. The molecule has 0 spiro atoms. The third-order valence-electron chi connectivity index (χ3n) is 3.57. The first-order valence-electron chi connectivity index (χ1n) is 7.17. The number of non-ortho nitro benzene ring substituents is 2. The van der Waals surface area contributed by atoms with Crippen LogP contribution in [0.25, 0.3) is 0 Å². The van der Waals surface area contributed by atoms with Crippen LogP contribution in [0.2, 0.25) is 0 Å². The molecule has 0 aliphatic rings. The Hall–Kier alpha value is -3.29. The van der Waals surface area contributed by atoms with Crippen LogP contribution in [-0.4, -0.2) is 15.8 Å². The zero-order valence-electron chi connectivity index (χ0n) is 13.1. The number of hydrogen-bond donors (Lipinski definition) is 1. The Morgan fingerprint density at radius 2 is 1.62 bits per heavy atom. The predicted molar refractivity (Wildman–Crippen MR) is 88.3 cm³/mol. The number of nitro groups is 2. The molecule has 0 heterocycles. The summed E-state index contributed by atoms with van der Waals surface area (Å²) in [5.74, 6) is -0.434. The van der Waals surface area contributed by atoms with Crippen LogP contribution in [0.5, 0.6) is 0 Å². The quantitative estimate of drug-likeness (QED) is 0.664. The summed E-state index contributed by atoms with van der Waals surface area (Å²) in [6.07, 6.45) is 0.512. The van der Waals surface area contributed by atoms with E-state index in [4.69, 9.17) is 0 Å². The van der Waals surface area contributed by atoms with Gasteiger partial charge < -0.3 is 5.32 Å². The van der Waals surface area contributed by atoms with Crippen LogP contribution in [0, 0.1) is 27.2 Å². The van der Waals surface area contributed by atoms with E-state index in [9.17, 15) is 25.0 Å². The van der Waals surface area contributed by atoms with Crippen LogP contribution in [-0.2, 0) is 6.42 Å². The van der Waals surface area contributed by atoms with Gasteiger partial charge in [0.05, 0.1) is 9.85 Å². The monoisotopic (exact) mass is 329 g/mol. The number of rotatable bonds is 5. The van der Waals surface area contributed by atoms with Crippen molar-refractivity contribution in [1.82, 2.24) is 0 Å². The second-order valence-corrected chi connectivity index (χ2v) is 5.17. The van der Waals surface area contributed by atoms with Crippen molar-refractivity contribution in [3.63, 3.8) is 0 Å². The van der Waals surface area contributed by atoms with Crippen molar-refractivity contribution < 1.29 is 14.6 Å². The number of amides is 1. The van der Waals surface area contributed by atoms with E-state index in [0.29, 0.717) is 23.2 Å². The maximum Gasteiger partial charge on any atom is 0.270 e. The minimum Gasteiger partial charge on any atom is -0.321 e. The highest BCUT2D eigenvalue weighted by atomic mass is 16.6. The Bertz CT molecular complexity index is 815. The SMILES string of the molecule is CCc1cc([N+](=O)[O-])cc(C)c1NC(=O)c1ccc([N+](=O)[O-])cc1. The van der Waals surface area contributed by atoms with Gasteiger partial charge in [-0.3, -0.25) is 25.0 Å². The topological polar surface area (TPSA) is 115 Å². The van der Waals surface area contributed by atoms with Gasteiger partial charge in [0.25, 0.3) is 17.3 Å². The lowest BCUT2D eigenvalue weighted by Gasteiger charge is -2.13. The number of hydrogen-bond acceptors (Lipinski definition) is 5. The van der Waals surface area contributed by atoms with Gasteiger partial charge in [0.15, 0.2) is 0 Å². The lowest BCUT2D eigenvalue weighted by molar-refractivity contribution is -0.385. The minimum absolute atomic E-state index is 0.0299. The van der Waals surface area contributed by atoms with Crippen LogP contribution in [0.3, 0.4) is 0 Å². The normalized spacial score (nSPS) is 10.2. The standard InChI is InChI=1S/C16H15N3O5/c1-3-11-9-14(19(23)24)8-10(2)15(11)17-16(20)12-4-6-13(7-5-12)18(21)22/h4-9H,3H2,1-2H3,(H,17,20). The van der Waals surface area contributed by atoms with Crippen molar-refractivity contribution in [2.24, 2.45) is 0 Å². The van der Waals surface area contributed by atoms with E-state index in [-0.39, 0.29) is 16.9 Å². The molecule has 0 aromatic heterocycles. The molecule has 2 aromatic rings. The summed E-state index contributed by atoms with van der Waals surface area (Å²) >= 11 is 0. The van der Waals surface area contributed by atoms with E-state index in [1.54, 1.807) is 6.92 Å². The van der Waals surface area contributed by atoms with Crippen LogP contribution >= 0.6 is 0 Å². The fraction of sp³-hybridized carbons (Fsp3) is 0.188. The molecule has 0 atom stereocenters. The summed E-state index contributed by atoms with van der Waals surface area (Å²) in [7, 11) is 0.